The first-order valence-electron chi connectivity index (χ1n) is 0.551. The molecule has 0 aliphatic carbocycles. The van der Waals surface area contributed by atoms with Crippen LogP contribution in [0, 0.1) is 0 Å². The molecule has 0 saturated heterocycles. The molecule has 4 heteroatoms. The molecule has 35 valence electrons. The average molecular weight is 185 g/mol. The van der Waals surface area contributed by atoms with Crippen LogP contribution in [0.1, 0.15) is 0 Å². The van der Waals surface area contributed by atoms with Gasteiger partial charge < -0.3 is 9.90 Å². The van der Waals surface area contributed by atoms with Crippen molar-refractivity contribution in [2.24, 2.45) is 0 Å². The molecule has 0 aliphatic rings. The van der Waals surface area contributed by atoms with E-state index in [0.717, 1.165) is 0 Å². The van der Waals surface area contributed by atoms with Gasteiger partial charge in [-0.1, -0.05) is 6.47 Å². The zero-order chi connectivity index (χ0) is 4.71. The van der Waals surface area contributed by atoms with Crippen LogP contribution < -0.4 is 0 Å². The summed E-state index contributed by atoms with van der Waals surface area (Å²) in [5.74, 6) is 0. The molecule has 0 aromatic rings. The molecular weight excluding hydrogens is 184 g/mol. The van der Waals surface area contributed by atoms with Crippen LogP contribution in [0.3, 0.4) is 0 Å². The Balaban J connectivity index is 0. The minimum atomic E-state index is 0.500. The van der Waals surface area contributed by atoms with Gasteiger partial charge in [0.1, 0.15) is 0 Å². The molecule has 0 saturated carbocycles. The molecule has 0 radical (unpaired) electrons. The summed E-state index contributed by atoms with van der Waals surface area (Å²) in [6.07, 6.45) is 0. The summed E-state index contributed by atoms with van der Waals surface area (Å²) in [6, 6.07) is 0. The quantitative estimate of drug-likeness (QED) is 0.434. The molecule has 0 unspecified atom stereocenters. The Labute approximate surface area is 45.4 Å². The Morgan fingerprint density at radius 3 is 1.80 bits per heavy atom. The summed E-state index contributed by atoms with van der Waals surface area (Å²) >= 11 is 2.53. The van der Waals surface area contributed by atoms with Gasteiger partial charge in [-0.15, -0.1) is 0 Å². The molecule has 2 nitrogen and oxygen atoms in total. The normalized spacial score (nSPS) is 3.60. The zero-order valence-corrected chi connectivity index (χ0v) is 4.36. The van der Waals surface area contributed by atoms with Gasteiger partial charge in [-0.3, -0.25) is 0 Å². The van der Waals surface area contributed by atoms with E-state index in [-0.39, 0.29) is 0 Å². The van der Waals surface area contributed by atoms with E-state index in [1.165, 1.54) is 0 Å². The monoisotopic (exact) mass is 184 g/mol. The van der Waals surface area contributed by atoms with E-state index in [4.69, 9.17) is 9.90 Å². The number of aliphatic hydroxyl groups excluding tert-OH is 1. The molecule has 1 N–H and O–H groups in total. The van der Waals surface area contributed by atoms with E-state index in [2.05, 4.69) is 28.8 Å². The Kier molecular flexibility index (Phi) is 46.2. The Morgan fingerprint density at radius 2 is 1.80 bits per heavy atom. The molecule has 0 bridgehead atoms. The van der Waals surface area contributed by atoms with Gasteiger partial charge in [0.2, 0.25) is 0 Å². The summed E-state index contributed by atoms with van der Waals surface area (Å²) < 4.78 is 0. The van der Waals surface area contributed by atoms with Crippen LogP contribution in [-0.2, 0) is 24.0 Å². The molecule has 0 atom stereocenters. The van der Waals surface area contributed by atoms with Crippen molar-refractivity contribution in [1.29, 1.82) is 0 Å². The van der Waals surface area contributed by atoms with Crippen molar-refractivity contribution in [2.45, 2.75) is 0 Å². The number of hydrogen-bond donors (Lipinski definition) is 1. The van der Waals surface area contributed by atoms with E-state index in [9.17, 15) is 0 Å². The predicted octanol–water partition coefficient (Wildman–Crippen LogP) is 0.257. The Hall–Kier alpha value is 0.430. The summed E-state index contributed by atoms with van der Waals surface area (Å²) in [7, 11) is 3.89. The molecule has 0 spiro atoms. The van der Waals surface area contributed by atoms with Crippen molar-refractivity contribution in [1.82, 2.24) is 0 Å². The molecular formula is CHAgO2S-. The first kappa shape index (κ1) is 9.06. The first-order valence-corrected chi connectivity index (χ1v) is 2.61. The van der Waals surface area contributed by atoms with E-state index in [1.807, 2.05) is 0 Å². The van der Waals surface area contributed by atoms with Crippen LogP contribution in [0.2, 0.25) is 0 Å². The van der Waals surface area contributed by atoms with Gasteiger partial charge in [0, 0.05) is 0 Å². The maximum atomic E-state index is 8.24. The Bertz CT molecular complexity index is 23.6. The molecule has 0 heterocycles. The third kappa shape index (κ3) is 141. The number of rotatable bonds is 0. The number of hydrogen-bond acceptors (Lipinski definition) is 2. The minimum absolute atomic E-state index is 0.500. The Morgan fingerprint density at radius 1 is 1.80 bits per heavy atom. The van der Waals surface area contributed by atoms with E-state index in [0.29, 0.717) is 6.47 Å². The van der Waals surface area contributed by atoms with Crippen LogP contribution in [0.15, 0.2) is 0 Å². The van der Waals surface area contributed by atoms with Crippen molar-refractivity contribution in [3.05, 3.63) is 0 Å². The second-order valence-electron chi connectivity index (χ2n) is 0.0913. The van der Waals surface area contributed by atoms with Gasteiger partial charge in [0.05, 0.1) is 0 Å². The zero-order valence-electron chi connectivity index (χ0n) is 2.07. The third-order valence-electron chi connectivity index (χ3n) is 0. The van der Waals surface area contributed by atoms with Crippen LogP contribution in [0.25, 0.3) is 0 Å². The van der Waals surface area contributed by atoms with Crippen molar-refractivity contribution in [3.8, 4) is 0 Å². The van der Waals surface area contributed by atoms with Crippen LogP contribution in [0.4, 0.5) is 0 Å². The molecule has 0 fully saturated rings. The molecule has 0 aromatic carbocycles. The van der Waals surface area contributed by atoms with Crippen LogP contribution >= 0.6 is 9.58 Å². The van der Waals surface area contributed by atoms with Crippen LogP contribution in [0.5, 0.6) is 0 Å². The maximum absolute atomic E-state index is 8.24. The van der Waals surface area contributed by atoms with Crippen LogP contribution in [-0.4, -0.2) is 11.6 Å². The fourth-order valence-electron chi connectivity index (χ4n) is 0. The van der Waals surface area contributed by atoms with Crippen molar-refractivity contribution >= 4 is 16.0 Å². The second kappa shape index (κ2) is 25.5. The van der Waals surface area contributed by atoms with E-state index in [1.54, 1.807) is 0 Å². The summed E-state index contributed by atoms with van der Waals surface area (Å²) in [5, 5.41) is 6.76. The SMILES string of the molecule is O=[C-]O.[S]=[Ag]. The summed E-state index contributed by atoms with van der Waals surface area (Å²) in [5.41, 5.74) is 0. The average Bonchev–Trinajstić information content (AvgIpc) is 1.46. The fourth-order valence-corrected chi connectivity index (χ4v) is 0. The van der Waals surface area contributed by atoms with Gasteiger partial charge >= 0.3 is 28.8 Å². The molecule has 0 rings (SSSR count). The first-order chi connectivity index (χ1) is 2.41. The van der Waals surface area contributed by atoms with Gasteiger partial charge in [-0.05, 0) is 0 Å². The van der Waals surface area contributed by atoms with E-state index < -0.39 is 0 Å². The van der Waals surface area contributed by atoms with Gasteiger partial charge in [-0.25, -0.2) is 0 Å². The summed E-state index contributed by atoms with van der Waals surface area (Å²) in [6.45, 7) is 0.500. The summed E-state index contributed by atoms with van der Waals surface area (Å²) in [4.78, 5) is 8.24. The van der Waals surface area contributed by atoms with Gasteiger partial charge in [0.25, 0.3) is 0 Å². The fraction of sp³-hybridized carbons (Fsp3) is 0. The second-order valence-corrected chi connectivity index (χ2v) is 0.0913. The molecule has 0 aromatic heterocycles. The van der Waals surface area contributed by atoms with E-state index >= 15 is 0 Å². The molecule has 0 aliphatic heterocycles. The van der Waals surface area contributed by atoms with Crippen molar-refractivity contribution in [2.75, 3.05) is 0 Å². The topological polar surface area (TPSA) is 37.3 Å². The predicted molar refractivity (Wildman–Crippen MR) is 15.9 cm³/mol. The van der Waals surface area contributed by atoms with Crippen molar-refractivity contribution in [3.63, 3.8) is 0 Å². The van der Waals surface area contributed by atoms with Crippen molar-refractivity contribution < 1.29 is 29.1 Å². The third-order valence-corrected chi connectivity index (χ3v) is 0. The van der Waals surface area contributed by atoms with Gasteiger partial charge in [0.15, 0.2) is 0 Å². The molecule has 0 amide bonds. The standard InChI is InChI=1S/CHO2.Ag.S/c2-1-3;;/h(H,2,3);;/q-1;;. The molecule has 5 heavy (non-hydrogen) atoms. The van der Waals surface area contributed by atoms with Gasteiger partial charge in [-0.2, -0.15) is 0 Å².